The molecule has 0 fully saturated rings. The van der Waals surface area contributed by atoms with Gasteiger partial charge in [0, 0.05) is 11.8 Å². The first-order valence-corrected chi connectivity index (χ1v) is 6.16. The number of aromatic nitrogens is 1. The van der Waals surface area contributed by atoms with Gasteiger partial charge in [0.05, 0.1) is 11.1 Å². The lowest BCUT2D eigenvalue weighted by Gasteiger charge is -1.99. The van der Waals surface area contributed by atoms with E-state index >= 15 is 0 Å². The average molecular weight is 223 g/mol. The van der Waals surface area contributed by atoms with Crippen LogP contribution in [-0.2, 0) is 9.84 Å². The monoisotopic (exact) mass is 223 g/mol. The first-order chi connectivity index (χ1) is 7.07. The third kappa shape index (κ3) is 2.07. The Morgan fingerprint density at radius 2 is 2.13 bits per heavy atom. The van der Waals surface area contributed by atoms with Gasteiger partial charge in [0.25, 0.3) is 0 Å². The van der Waals surface area contributed by atoms with Crippen LogP contribution in [-0.4, -0.2) is 19.7 Å². The second kappa shape index (κ2) is 3.51. The Morgan fingerprint density at radius 3 is 2.73 bits per heavy atom. The van der Waals surface area contributed by atoms with Crippen molar-refractivity contribution in [1.29, 1.82) is 0 Å². The zero-order valence-electron chi connectivity index (χ0n) is 8.04. The van der Waals surface area contributed by atoms with E-state index in [0.717, 1.165) is 0 Å². The zero-order chi connectivity index (χ0) is 10.9. The molecular formula is C10H9NO3S. The minimum Gasteiger partial charge on any atom is -0.445 e. The minimum atomic E-state index is -3.19. The number of hydrogen-bond donors (Lipinski definition) is 0. The summed E-state index contributed by atoms with van der Waals surface area (Å²) in [6.45, 7) is 0. The fourth-order valence-corrected chi connectivity index (χ4v) is 1.89. The van der Waals surface area contributed by atoms with E-state index in [-0.39, 0.29) is 4.90 Å². The van der Waals surface area contributed by atoms with Gasteiger partial charge in [-0.05, 0) is 18.2 Å². The molecule has 0 spiro atoms. The Morgan fingerprint density at radius 1 is 1.33 bits per heavy atom. The number of hydrogen-bond acceptors (Lipinski definition) is 4. The van der Waals surface area contributed by atoms with Crippen LogP contribution >= 0.6 is 0 Å². The van der Waals surface area contributed by atoms with Crippen molar-refractivity contribution in [2.45, 2.75) is 4.90 Å². The molecule has 0 saturated heterocycles. The van der Waals surface area contributed by atoms with E-state index in [2.05, 4.69) is 4.98 Å². The van der Waals surface area contributed by atoms with Gasteiger partial charge in [-0.15, -0.1) is 0 Å². The third-order valence-electron chi connectivity index (χ3n) is 1.94. The Balaban J connectivity index is 2.53. The molecular weight excluding hydrogens is 214 g/mol. The van der Waals surface area contributed by atoms with Crippen LogP contribution in [0.4, 0.5) is 0 Å². The van der Waals surface area contributed by atoms with Gasteiger partial charge >= 0.3 is 0 Å². The highest BCUT2D eigenvalue weighted by atomic mass is 32.2. The van der Waals surface area contributed by atoms with E-state index in [0.29, 0.717) is 11.5 Å². The smallest absolute Gasteiger partial charge is 0.225 e. The quantitative estimate of drug-likeness (QED) is 0.778. The largest absolute Gasteiger partial charge is 0.445 e. The first kappa shape index (κ1) is 9.92. The van der Waals surface area contributed by atoms with E-state index in [1.54, 1.807) is 24.3 Å². The molecule has 1 heterocycles. The second-order valence-electron chi connectivity index (χ2n) is 3.14. The van der Waals surface area contributed by atoms with Crippen LogP contribution in [0.25, 0.3) is 11.5 Å². The molecule has 0 saturated carbocycles. The SMILES string of the molecule is CS(=O)(=O)c1cccc(-c2ncco2)c1. The van der Waals surface area contributed by atoms with Gasteiger partial charge in [0.2, 0.25) is 5.89 Å². The van der Waals surface area contributed by atoms with E-state index in [9.17, 15) is 8.42 Å². The number of oxazole rings is 1. The average Bonchev–Trinajstić information content (AvgIpc) is 2.69. The van der Waals surface area contributed by atoms with Gasteiger partial charge in [-0.2, -0.15) is 0 Å². The van der Waals surface area contributed by atoms with Crippen LogP contribution in [0.2, 0.25) is 0 Å². The summed E-state index contributed by atoms with van der Waals surface area (Å²) in [5, 5.41) is 0. The third-order valence-corrected chi connectivity index (χ3v) is 3.05. The molecule has 1 aromatic heterocycles. The maximum Gasteiger partial charge on any atom is 0.225 e. The van der Waals surface area contributed by atoms with E-state index in [1.807, 2.05) is 0 Å². The fraction of sp³-hybridized carbons (Fsp3) is 0.100. The summed E-state index contributed by atoms with van der Waals surface area (Å²) in [5.41, 5.74) is 0.655. The maximum absolute atomic E-state index is 11.3. The summed E-state index contributed by atoms with van der Waals surface area (Å²) < 4.78 is 27.7. The van der Waals surface area contributed by atoms with Crippen LogP contribution < -0.4 is 0 Å². The standard InChI is InChI=1S/C10H9NO3S/c1-15(12,13)9-4-2-3-8(7-9)10-11-5-6-14-10/h2-7H,1H3. The number of rotatable bonds is 2. The molecule has 78 valence electrons. The highest BCUT2D eigenvalue weighted by molar-refractivity contribution is 7.90. The molecule has 5 heteroatoms. The fourth-order valence-electron chi connectivity index (χ4n) is 1.23. The van der Waals surface area contributed by atoms with Crippen molar-refractivity contribution >= 4 is 9.84 Å². The van der Waals surface area contributed by atoms with Crippen LogP contribution in [0.5, 0.6) is 0 Å². The molecule has 0 atom stereocenters. The first-order valence-electron chi connectivity index (χ1n) is 4.27. The Hall–Kier alpha value is -1.62. The van der Waals surface area contributed by atoms with Crippen molar-refractivity contribution < 1.29 is 12.8 Å². The molecule has 2 aromatic rings. The lowest BCUT2D eigenvalue weighted by atomic mass is 10.2. The summed E-state index contributed by atoms with van der Waals surface area (Å²) in [6.07, 6.45) is 4.13. The lowest BCUT2D eigenvalue weighted by Crippen LogP contribution is -1.96. The van der Waals surface area contributed by atoms with E-state index in [1.165, 1.54) is 18.7 Å². The molecule has 0 N–H and O–H groups in total. The Kier molecular flexibility index (Phi) is 2.32. The Bertz CT molecular complexity index is 558. The molecule has 4 nitrogen and oxygen atoms in total. The topological polar surface area (TPSA) is 60.2 Å². The molecule has 15 heavy (non-hydrogen) atoms. The number of benzene rings is 1. The van der Waals surface area contributed by atoms with E-state index in [4.69, 9.17) is 4.42 Å². The molecule has 0 radical (unpaired) electrons. The number of nitrogens with zero attached hydrogens (tertiary/aromatic N) is 1. The molecule has 0 aliphatic heterocycles. The highest BCUT2D eigenvalue weighted by Gasteiger charge is 2.09. The predicted molar refractivity (Wildman–Crippen MR) is 55.0 cm³/mol. The van der Waals surface area contributed by atoms with Crippen molar-refractivity contribution in [3.63, 3.8) is 0 Å². The lowest BCUT2D eigenvalue weighted by molar-refractivity contribution is 0.574. The molecule has 2 rings (SSSR count). The van der Waals surface area contributed by atoms with Crippen molar-refractivity contribution in [2.75, 3.05) is 6.26 Å². The van der Waals surface area contributed by atoms with Crippen molar-refractivity contribution in [1.82, 2.24) is 4.98 Å². The van der Waals surface area contributed by atoms with Gasteiger partial charge < -0.3 is 4.42 Å². The summed E-state index contributed by atoms with van der Waals surface area (Å²) >= 11 is 0. The summed E-state index contributed by atoms with van der Waals surface area (Å²) in [5.74, 6) is 0.417. The highest BCUT2D eigenvalue weighted by Crippen LogP contribution is 2.20. The van der Waals surface area contributed by atoms with Crippen molar-refractivity contribution in [3.05, 3.63) is 36.7 Å². The van der Waals surface area contributed by atoms with Gasteiger partial charge in [-0.3, -0.25) is 0 Å². The summed E-state index contributed by atoms with van der Waals surface area (Å²) in [4.78, 5) is 4.21. The summed E-state index contributed by atoms with van der Waals surface area (Å²) in [6, 6.07) is 6.50. The molecule has 0 amide bonds. The van der Waals surface area contributed by atoms with Gasteiger partial charge in [0.1, 0.15) is 6.26 Å². The zero-order valence-corrected chi connectivity index (χ0v) is 8.86. The minimum absolute atomic E-state index is 0.262. The maximum atomic E-state index is 11.3. The second-order valence-corrected chi connectivity index (χ2v) is 5.15. The molecule has 0 aliphatic carbocycles. The normalized spacial score (nSPS) is 11.5. The molecule has 0 bridgehead atoms. The Labute approximate surface area is 87.5 Å². The molecule has 1 aromatic carbocycles. The van der Waals surface area contributed by atoms with Crippen LogP contribution in [0.15, 0.2) is 46.0 Å². The van der Waals surface area contributed by atoms with Crippen molar-refractivity contribution in [2.24, 2.45) is 0 Å². The molecule has 0 unspecified atom stereocenters. The van der Waals surface area contributed by atoms with Crippen molar-refractivity contribution in [3.8, 4) is 11.5 Å². The van der Waals surface area contributed by atoms with Crippen LogP contribution in [0.3, 0.4) is 0 Å². The predicted octanol–water partition coefficient (Wildman–Crippen LogP) is 1.75. The van der Waals surface area contributed by atoms with E-state index < -0.39 is 9.84 Å². The van der Waals surface area contributed by atoms with Gasteiger partial charge in [-0.25, -0.2) is 13.4 Å². The van der Waals surface area contributed by atoms with Crippen LogP contribution in [0, 0.1) is 0 Å². The number of sulfone groups is 1. The van der Waals surface area contributed by atoms with Gasteiger partial charge in [0.15, 0.2) is 9.84 Å². The van der Waals surface area contributed by atoms with Gasteiger partial charge in [-0.1, -0.05) is 6.07 Å². The summed E-state index contributed by atoms with van der Waals surface area (Å²) in [7, 11) is -3.19. The molecule has 0 aliphatic rings. The van der Waals surface area contributed by atoms with Crippen LogP contribution in [0.1, 0.15) is 0 Å².